The highest BCUT2D eigenvalue weighted by Crippen LogP contribution is 2.33. The van der Waals surface area contributed by atoms with Crippen LogP contribution in [0.5, 0.6) is 0 Å². The quantitative estimate of drug-likeness (QED) is 0.837. The zero-order chi connectivity index (χ0) is 12.6. The summed E-state index contributed by atoms with van der Waals surface area (Å²) in [6, 6.07) is 0.535. The minimum atomic E-state index is -0.595. The van der Waals surface area contributed by atoms with Crippen LogP contribution >= 0.6 is 0 Å². The second-order valence-electron chi connectivity index (χ2n) is 5.60. The van der Waals surface area contributed by atoms with Gasteiger partial charge in [-0.2, -0.15) is 0 Å². The maximum absolute atomic E-state index is 12.2. The van der Waals surface area contributed by atoms with Crippen LogP contribution in [0.25, 0.3) is 0 Å². The van der Waals surface area contributed by atoms with Gasteiger partial charge in [-0.15, -0.1) is 0 Å². The highest BCUT2D eigenvalue weighted by atomic mass is 16.2. The Hall–Kier alpha value is -1.36. The fourth-order valence-corrected chi connectivity index (χ4v) is 3.03. The van der Waals surface area contributed by atoms with Crippen LogP contribution in [0.15, 0.2) is 18.7 Å². The normalized spacial score (nSPS) is 29.8. The fourth-order valence-electron chi connectivity index (χ4n) is 3.03. The lowest BCUT2D eigenvalue weighted by molar-refractivity contribution is -0.130. The van der Waals surface area contributed by atoms with Crippen molar-refractivity contribution < 1.29 is 4.79 Å². The van der Waals surface area contributed by atoms with E-state index in [-0.39, 0.29) is 11.9 Å². The molecular weight excluding hydrogens is 228 g/mol. The molecule has 0 aliphatic heterocycles. The van der Waals surface area contributed by atoms with Gasteiger partial charge in [-0.25, -0.2) is 4.98 Å². The number of nitrogens with one attached hydrogen (secondary N) is 1. The molecule has 2 aliphatic carbocycles. The monoisotopic (exact) mass is 248 g/mol. The van der Waals surface area contributed by atoms with Crippen molar-refractivity contribution in [3.8, 4) is 0 Å². The molecule has 1 heterocycles. The fraction of sp³-hybridized carbons (Fsp3) is 0.692. The highest BCUT2D eigenvalue weighted by molar-refractivity contribution is 5.87. The second-order valence-corrected chi connectivity index (χ2v) is 5.60. The van der Waals surface area contributed by atoms with Gasteiger partial charge >= 0.3 is 0 Å². The molecule has 2 unspecified atom stereocenters. The van der Waals surface area contributed by atoms with Gasteiger partial charge in [0.2, 0.25) is 5.91 Å². The highest BCUT2D eigenvalue weighted by Gasteiger charge is 2.42. The van der Waals surface area contributed by atoms with E-state index in [2.05, 4.69) is 14.9 Å². The lowest BCUT2D eigenvalue weighted by Gasteiger charge is -2.37. The van der Waals surface area contributed by atoms with Crippen molar-refractivity contribution in [1.29, 1.82) is 0 Å². The van der Waals surface area contributed by atoms with Crippen LogP contribution in [0.1, 0.15) is 44.6 Å². The first-order valence-corrected chi connectivity index (χ1v) is 6.76. The van der Waals surface area contributed by atoms with Crippen molar-refractivity contribution in [1.82, 2.24) is 14.9 Å². The zero-order valence-electron chi connectivity index (χ0n) is 10.5. The molecule has 2 atom stereocenters. The Bertz CT molecular complexity index is 424. The maximum Gasteiger partial charge on any atom is 0.240 e. The molecule has 3 rings (SSSR count). The topological polar surface area (TPSA) is 72.9 Å². The van der Waals surface area contributed by atoms with E-state index in [9.17, 15) is 4.79 Å². The van der Waals surface area contributed by atoms with E-state index < -0.39 is 5.54 Å². The molecule has 0 radical (unpaired) electrons. The number of aromatic nitrogens is 2. The van der Waals surface area contributed by atoms with Gasteiger partial charge in [0.25, 0.3) is 0 Å². The average Bonchev–Trinajstić information content (AvgIpc) is 2.94. The summed E-state index contributed by atoms with van der Waals surface area (Å²) < 4.78 is 2.10. The van der Waals surface area contributed by atoms with Gasteiger partial charge in [0, 0.05) is 18.4 Å². The van der Waals surface area contributed by atoms with E-state index in [1.165, 1.54) is 0 Å². The van der Waals surface area contributed by atoms with Crippen molar-refractivity contribution in [3.05, 3.63) is 18.7 Å². The van der Waals surface area contributed by atoms with E-state index >= 15 is 0 Å². The van der Waals surface area contributed by atoms with E-state index in [1.807, 2.05) is 12.5 Å². The first kappa shape index (κ1) is 11.7. The summed E-state index contributed by atoms with van der Waals surface area (Å²) in [4.78, 5) is 16.2. The van der Waals surface area contributed by atoms with E-state index in [4.69, 9.17) is 5.73 Å². The van der Waals surface area contributed by atoms with Crippen LogP contribution in [0, 0.1) is 0 Å². The Morgan fingerprint density at radius 2 is 2.22 bits per heavy atom. The number of rotatable bonds is 3. The Kier molecular flexibility index (Phi) is 2.86. The number of imidazole rings is 1. The lowest BCUT2D eigenvalue weighted by Crippen LogP contribution is -2.60. The molecule has 18 heavy (non-hydrogen) atoms. The molecule has 0 bridgehead atoms. The summed E-state index contributed by atoms with van der Waals surface area (Å²) in [6.07, 6.45) is 11.6. The third kappa shape index (κ3) is 1.92. The molecule has 2 aliphatic rings. The molecule has 98 valence electrons. The van der Waals surface area contributed by atoms with E-state index in [0.717, 1.165) is 38.5 Å². The Balaban J connectivity index is 1.67. The molecular formula is C13H20N4O. The van der Waals surface area contributed by atoms with Gasteiger partial charge in [0.1, 0.15) is 0 Å². The Morgan fingerprint density at radius 1 is 1.39 bits per heavy atom. The molecule has 0 aromatic carbocycles. The Labute approximate surface area is 107 Å². The number of nitrogens with zero attached hydrogens (tertiary/aromatic N) is 2. The second kappa shape index (κ2) is 4.39. The van der Waals surface area contributed by atoms with Crippen LogP contribution in [0.2, 0.25) is 0 Å². The van der Waals surface area contributed by atoms with Crippen LogP contribution in [-0.4, -0.2) is 27.0 Å². The molecule has 1 aromatic heterocycles. The van der Waals surface area contributed by atoms with Gasteiger partial charge in [-0.3, -0.25) is 4.79 Å². The molecule has 5 heteroatoms. The predicted molar refractivity (Wildman–Crippen MR) is 67.8 cm³/mol. The molecule has 3 N–H and O–H groups in total. The zero-order valence-corrected chi connectivity index (χ0v) is 10.5. The first-order chi connectivity index (χ1) is 8.69. The van der Waals surface area contributed by atoms with Gasteiger partial charge in [0.05, 0.1) is 17.9 Å². The summed E-state index contributed by atoms with van der Waals surface area (Å²) in [7, 11) is 0. The molecule has 2 saturated carbocycles. The predicted octanol–water partition coefficient (Wildman–Crippen LogP) is 0.974. The summed E-state index contributed by atoms with van der Waals surface area (Å²) in [5.41, 5.74) is 5.46. The van der Waals surface area contributed by atoms with Crippen LogP contribution in [0.3, 0.4) is 0 Å². The summed E-state index contributed by atoms with van der Waals surface area (Å²) in [5.74, 6) is 0.0331. The molecule has 0 spiro atoms. The number of hydrogen-bond acceptors (Lipinski definition) is 3. The van der Waals surface area contributed by atoms with Gasteiger partial charge < -0.3 is 15.6 Å². The smallest absolute Gasteiger partial charge is 0.240 e. The minimum absolute atomic E-state index is 0.0331. The molecule has 1 aromatic rings. The lowest BCUT2D eigenvalue weighted by atomic mass is 9.77. The van der Waals surface area contributed by atoms with Crippen molar-refractivity contribution in [2.24, 2.45) is 5.73 Å². The van der Waals surface area contributed by atoms with Crippen LogP contribution in [0.4, 0.5) is 0 Å². The summed E-state index contributed by atoms with van der Waals surface area (Å²) >= 11 is 0. The van der Waals surface area contributed by atoms with Crippen molar-refractivity contribution in [2.75, 3.05) is 0 Å². The number of hydrogen-bond donors (Lipinski definition) is 2. The van der Waals surface area contributed by atoms with E-state index in [0.29, 0.717) is 6.04 Å². The third-order valence-corrected chi connectivity index (χ3v) is 4.40. The van der Waals surface area contributed by atoms with Crippen LogP contribution in [-0.2, 0) is 4.79 Å². The van der Waals surface area contributed by atoms with Crippen LogP contribution < -0.4 is 11.1 Å². The standard InChI is InChI=1S/C13H20N4O/c14-13(5-2-6-13)12(18)16-10-3-1-4-11(10)17-8-7-15-9-17/h7-11H,1-6,14H2,(H,16,18). The average molecular weight is 248 g/mol. The number of nitrogens with two attached hydrogens (primary N) is 1. The maximum atomic E-state index is 12.2. The molecule has 2 fully saturated rings. The largest absolute Gasteiger partial charge is 0.350 e. The van der Waals surface area contributed by atoms with Crippen molar-refractivity contribution >= 4 is 5.91 Å². The van der Waals surface area contributed by atoms with Crippen molar-refractivity contribution in [2.45, 2.75) is 56.1 Å². The SMILES string of the molecule is NC1(C(=O)NC2CCCC2n2ccnc2)CCC1. The summed E-state index contributed by atoms with van der Waals surface area (Å²) in [6.45, 7) is 0. The van der Waals surface area contributed by atoms with E-state index in [1.54, 1.807) is 6.20 Å². The summed E-state index contributed by atoms with van der Waals surface area (Å²) in [5, 5.41) is 3.15. The minimum Gasteiger partial charge on any atom is -0.350 e. The molecule has 5 nitrogen and oxygen atoms in total. The van der Waals surface area contributed by atoms with Gasteiger partial charge in [-0.05, 0) is 38.5 Å². The number of carbonyl (C=O) groups is 1. The first-order valence-electron chi connectivity index (χ1n) is 6.76. The number of carbonyl (C=O) groups excluding carboxylic acids is 1. The van der Waals surface area contributed by atoms with Crippen molar-refractivity contribution in [3.63, 3.8) is 0 Å². The Morgan fingerprint density at radius 3 is 2.83 bits per heavy atom. The number of amides is 1. The third-order valence-electron chi connectivity index (χ3n) is 4.40. The van der Waals surface area contributed by atoms with Gasteiger partial charge in [-0.1, -0.05) is 0 Å². The molecule has 0 saturated heterocycles. The van der Waals surface area contributed by atoms with Gasteiger partial charge in [0.15, 0.2) is 0 Å². The molecule has 1 amide bonds.